The first-order chi connectivity index (χ1) is 6.47. The summed E-state index contributed by atoms with van der Waals surface area (Å²) in [6.07, 6.45) is 0. The minimum Gasteiger partial charge on any atom is -0.302 e. The fourth-order valence-corrected chi connectivity index (χ4v) is 3.65. The van der Waals surface area contributed by atoms with Gasteiger partial charge in [0, 0.05) is 0 Å². The quantitative estimate of drug-likeness (QED) is 0.501. The molecule has 0 aliphatic rings. The highest BCUT2D eigenvalue weighted by molar-refractivity contribution is 7.66. The second-order valence-electron chi connectivity index (χ2n) is 2.01. The molecule has 0 aliphatic heterocycles. The minimum absolute atomic E-state index is 0.392. The van der Waals surface area contributed by atoms with Crippen LogP contribution in [0.1, 0.15) is 6.92 Å². The zero-order valence-electron chi connectivity index (χ0n) is 7.29. The third-order valence-electron chi connectivity index (χ3n) is 0.700. The van der Waals surface area contributed by atoms with E-state index in [1.54, 1.807) is 0 Å². The highest BCUT2D eigenvalue weighted by atomic mass is 31.3. The van der Waals surface area contributed by atoms with Gasteiger partial charge in [-0.15, -0.1) is 0 Å². The van der Waals surface area contributed by atoms with Crippen LogP contribution in [0.2, 0.25) is 0 Å². The summed E-state index contributed by atoms with van der Waals surface area (Å²) in [6, 6.07) is 0. The fourth-order valence-electron chi connectivity index (χ4n) is 0.481. The Morgan fingerprint density at radius 3 is 1.47 bits per heavy atom. The molecule has 0 unspecified atom stereocenters. The molecule has 15 heavy (non-hydrogen) atoms. The van der Waals surface area contributed by atoms with Crippen LogP contribution in [0.25, 0.3) is 0 Å². The number of rotatable bonds is 6. The van der Waals surface area contributed by atoms with Crippen LogP contribution >= 0.6 is 23.5 Å². The second-order valence-corrected chi connectivity index (χ2v) is 6.43. The SMILES string of the molecule is CCOP(=O)(OP(=O)(O)O)OP(=O)(O)O. The summed E-state index contributed by atoms with van der Waals surface area (Å²) in [7, 11) is -15.5. The van der Waals surface area contributed by atoms with Crippen LogP contribution in [0.15, 0.2) is 0 Å². The van der Waals surface area contributed by atoms with E-state index in [9.17, 15) is 13.7 Å². The Balaban J connectivity index is 4.84. The van der Waals surface area contributed by atoms with Crippen molar-refractivity contribution in [2.75, 3.05) is 6.61 Å². The Kier molecular flexibility index (Phi) is 5.30. The van der Waals surface area contributed by atoms with Gasteiger partial charge >= 0.3 is 23.5 Å². The topological polar surface area (TPSA) is 160 Å². The number of phosphoric acid groups is 3. The maximum absolute atomic E-state index is 11.2. The lowest BCUT2D eigenvalue weighted by Crippen LogP contribution is -1.97. The molecule has 10 nitrogen and oxygen atoms in total. The van der Waals surface area contributed by atoms with Crippen LogP contribution in [0.3, 0.4) is 0 Å². The molecule has 0 aromatic rings. The predicted octanol–water partition coefficient (Wildman–Crippen LogP) is 0.350. The molecule has 0 atom stereocenters. The van der Waals surface area contributed by atoms with Crippen LogP contribution < -0.4 is 0 Å². The molecule has 4 N–H and O–H groups in total. The minimum atomic E-state index is -5.26. The molecule has 0 aromatic heterocycles. The molecule has 13 heteroatoms. The lowest BCUT2D eigenvalue weighted by Gasteiger charge is -2.16. The lowest BCUT2D eigenvalue weighted by atomic mass is 10.9. The Hall–Kier alpha value is 0.410. The molecule has 0 rings (SSSR count). The van der Waals surface area contributed by atoms with Gasteiger partial charge in [-0.1, -0.05) is 0 Å². The summed E-state index contributed by atoms with van der Waals surface area (Å²) in [6.45, 7) is 0.857. The van der Waals surface area contributed by atoms with Gasteiger partial charge in [0.25, 0.3) is 0 Å². The Labute approximate surface area is 84.3 Å². The van der Waals surface area contributed by atoms with Crippen LogP contribution in [0, 0.1) is 0 Å². The second kappa shape index (κ2) is 5.16. The molecule has 0 heterocycles. The molecule has 0 saturated heterocycles. The van der Waals surface area contributed by atoms with E-state index < -0.39 is 30.1 Å². The first-order valence-electron chi connectivity index (χ1n) is 3.26. The average molecular weight is 286 g/mol. The van der Waals surface area contributed by atoms with E-state index in [1.165, 1.54) is 6.92 Å². The van der Waals surface area contributed by atoms with E-state index >= 15 is 0 Å². The van der Waals surface area contributed by atoms with Crippen molar-refractivity contribution in [3.8, 4) is 0 Å². The van der Waals surface area contributed by atoms with Gasteiger partial charge in [0.15, 0.2) is 0 Å². The molecule has 0 fully saturated rings. The summed E-state index contributed by atoms with van der Waals surface area (Å²) in [5, 5.41) is 0. The molecule has 0 spiro atoms. The molecule has 0 aromatic carbocycles. The summed E-state index contributed by atoms with van der Waals surface area (Å²) in [5.74, 6) is 0. The van der Waals surface area contributed by atoms with E-state index in [-0.39, 0.29) is 0 Å². The Bertz CT molecular complexity index is 307. The summed E-state index contributed by atoms with van der Waals surface area (Å²) < 4.78 is 42.9. The van der Waals surface area contributed by atoms with E-state index in [1.807, 2.05) is 0 Å². The van der Waals surface area contributed by atoms with Crippen molar-refractivity contribution >= 4 is 23.5 Å². The first kappa shape index (κ1) is 15.4. The van der Waals surface area contributed by atoms with Crippen LogP contribution in [-0.4, -0.2) is 26.2 Å². The molecule has 0 amide bonds. The van der Waals surface area contributed by atoms with Crippen molar-refractivity contribution < 1.29 is 46.4 Å². The molecule has 92 valence electrons. The van der Waals surface area contributed by atoms with Crippen molar-refractivity contribution in [1.82, 2.24) is 0 Å². The zero-order valence-corrected chi connectivity index (χ0v) is 9.97. The summed E-state index contributed by atoms with van der Waals surface area (Å²) in [5.41, 5.74) is 0. The third-order valence-corrected chi connectivity index (χ3v) is 4.58. The van der Waals surface area contributed by atoms with Crippen LogP contribution in [0.4, 0.5) is 0 Å². The normalized spacial score (nSPS) is 14.2. The highest BCUT2D eigenvalue weighted by Gasteiger charge is 2.41. The fraction of sp³-hybridized carbons (Fsp3) is 1.00. The van der Waals surface area contributed by atoms with Crippen LogP contribution in [0.5, 0.6) is 0 Å². The van der Waals surface area contributed by atoms with Gasteiger partial charge in [0.2, 0.25) is 0 Å². The molecular weight excluding hydrogens is 277 g/mol. The van der Waals surface area contributed by atoms with Gasteiger partial charge in [-0.05, 0) is 6.92 Å². The van der Waals surface area contributed by atoms with Gasteiger partial charge in [-0.25, -0.2) is 13.7 Å². The molecule has 0 saturated carbocycles. The van der Waals surface area contributed by atoms with Gasteiger partial charge in [-0.2, -0.15) is 8.62 Å². The van der Waals surface area contributed by atoms with Gasteiger partial charge in [-0.3, -0.25) is 4.52 Å². The molecule has 0 aliphatic carbocycles. The molecule has 0 bridgehead atoms. The van der Waals surface area contributed by atoms with E-state index in [0.717, 1.165) is 0 Å². The van der Waals surface area contributed by atoms with Crippen molar-refractivity contribution in [1.29, 1.82) is 0 Å². The van der Waals surface area contributed by atoms with Crippen molar-refractivity contribution in [2.24, 2.45) is 0 Å². The van der Waals surface area contributed by atoms with Crippen molar-refractivity contribution in [3.05, 3.63) is 0 Å². The number of hydrogen-bond donors (Lipinski definition) is 4. The summed E-state index contributed by atoms with van der Waals surface area (Å²) in [4.78, 5) is 33.1. The van der Waals surface area contributed by atoms with Gasteiger partial charge in [0.05, 0.1) is 6.61 Å². The standard InChI is InChI=1S/C2H9O10P3/c1-2-10-15(9,11-13(3,4)5)12-14(6,7)8/h2H2,1H3,(H2,3,4,5)(H2,6,7,8). The zero-order chi connectivity index (χ0) is 12.3. The predicted molar refractivity (Wildman–Crippen MR) is 45.5 cm³/mol. The number of hydrogen-bond acceptors (Lipinski definition) is 6. The Morgan fingerprint density at radius 2 is 1.27 bits per heavy atom. The van der Waals surface area contributed by atoms with Gasteiger partial charge < -0.3 is 19.6 Å². The maximum atomic E-state index is 11.2. The molecular formula is C2H9O10P3. The largest absolute Gasteiger partial charge is 0.492 e. The van der Waals surface area contributed by atoms with E-state index in [2.05, 4.69) is 13.1 Å². The van der Waals surface area contributed by atoms with E-state index in [0.29, 0.717) is 0 Å². The van der Waals surface area contributed by atoms with Crippen LogP contribution in [-0.2, 0) is 26.8 Å². The monoisotopic (exact) mass is 286 g/mol. The maximum Gasteiger partial charge on any atom is 0.492 e. The highest BCUT2D eigenvalue weighted by Crippen LogP contribution is 2.67. The van der Waals surface area contributed by atoms with Crippen molar-refractivity contribution in [3.63, 3.8) is 0 Å². The third kappa shape index (κ3) is 8.24. The van der Waals surface area contributed by atoms with Gasteiger partial charge in [0.1, 0.15) is 0 Å². The Morgan fingerprint density at radius 1 is 0.933 bits per heavy atom. The molecule has 0 radical (unpaired) electrons. The van der Waals surface area contributed by atoms with E-state index in [4.69, 9.17) is 19.6 Å². The average Bonchev–Trinajstić information content (AvgIpc) is 1.74. The lowest BCUT2D eigenvalue weighted by molar-refractivity contribution is 0.171. The van der Waals surface area contributed by atoms with Crippen molar-refractivity contribution in [2.45, 2.75) is 6.92 Å². The summed E-state index contributed by atoms with van der Waals surface area (Å²) >= 11 is 0. The first-order valence-corrected chi connectivity index (χ1v) is 7.78. The smallest absolute Gasteiger partial charge is 0.302 e.